The molecule has 0 aromatic heterocycles. The Kier molecular flexibility index (Phi) is 4.75. The molecular weight excluding hydrogens is 164 g/mol. The van der Waals surface area contributed by atoms with Gasteiger partial charge in [-0.15, -0.1) is 0 Å². The summed E-state index contributed by atoms with van der Waals surface area (Å²) in [5.74, 6) is 0. The van der Waals surface area contributed by atoms with Crippen molar-refractivity contribution in [1.29, 1.82) is 0 Å². The first-order valence-electron chi connectivity index (χ1n) is 4.47. The Morgan fingerprint density at radius 3 is 1.75 bits per heavy atom. The van der Waals surface area contributed by atoms with Gasteiger partial charge in [0.05, 0.1) is 0 Å². The van der Waals surface area contributed by atoms with Gasteiger partial charge >= 0.3 is 0 Å². The van der Waals surface area contributed by atoms with Gasteiger partial charge in [-0.25, -0.2) is 0 Å². The summed E-state index contributed by atoms with van der Waals surface area (Å²) in [7, 11) is 7.20. The van der Waals surface area contributed by atoms with Gasteiger partial charge in [-0.2, -0.15) is 0 Å². The molecule has 0 aliphatic heterocycles. The van der Waals surface area contributed by atoms with Crippen molar-refractivity contribution in [3.05, 3.63) is 11.8 Å². The van der Waals surface area contributed by atoms with Crippen molar-refractivity contribution >= 4 is 8.40 Å². The summed E-state index contributed by atoms with van der Waals surface area (Å²) in [4.78, 5) is 0. The van der Waals surface area contributed by atoms with Crippen molar-refractivity contribution in [3.63, 3.8) is 0 Å². The second kappa shape index (κ2) is 4.79. The maximum Gasteiger partial charge on any atom is 0.228 e. The largest absolute Gasteiger partial charge is 0.314 e. The van der Waals surface area contributed by atoms with Crippen molar-refractivity contribution in [2.45, 2.75) is 19.9 Å². The minimum atomic E-state index is -1.44. The van der Waals surface area contributed by atoms with Crippen LogP contribution in [0.1, 0.15) is 13.3 Å². The molecule has 0 aliphatic rings. The van der Waals surface area contributed by atoms with Gasteiger partial charge in [0.1, 0.15) is 0 Å². The van der Waals surface area contributed by atoms with Crippen LogP contribution in [-0.4, -0.2) is 45.7 Å². The van der Waals surface area contributed by atoms with E-state index in [1.54, 1.807) is 0 Å². The average molecular weight is 186 g/mol. The molecule has 72 valence electrons. The Morgan fingerprint density at radius 1 is 1.08 bits per heavy atom. The highest BCUT2D eigenvalue weighted by Crippen LogP contribution is 2.10. The molecule has 0 unspecified atom stereocenters. The maximum absolute atomic E-state index is 2.38. The van der Waals surface area contributed by atoms with Crippen LogP contribution >= 0.6 is 0 Å². The Balaban J connectivity index is 4.51. The van der Waals surface area contributed by atoms with E-state index in [4.69, 9.17) is 0 Å². The lowest BCUT2D eigenvalue weighted by molar-refractivity contribution is 0.501. The van der Waals surface area contributed by atoms with E-state index >= 15 is 0 Å². The van der Waals surface area contributed by atoms with Crippen LogP contribution < -0.4 is 0 Å². The molecule has 2 nitrogen and oxygen atoms in total. The van der Waals surface area contributed by atoms with Gasteiger partial charge in [0.25, 0.3) is 0 Å². The Labute approximate surface area is 78.0 Å². The average Bonchev–Trinajstić information content (AvgIpc) is 1.99. The molecule has 0 atom stereocenters. The minimum absolute atomic E-state index is 1.13. The maximum atomic E-state index is 2.38. The third kappa shape index (κ3) is 2.73. The highest BCUT2D eigenvalue weighted by atomic mass is 28.3. The van der Waals surface area contributed by atoms with Crippen molar-refractivity contribution in [1.82, 2.24) is 9.13 Å². The van der Waals surface area contributed by atoms with Crippen LogP contribution in [0, 0.1) is 0 Å². The molecule has 3 heteroatoms. The lowest BCUT2D eigenvalue weighted by Crippen LogP contribution is -2.57. The molecule has 0 heterocycles. The van der Waals surface area contributed by atoms with Gasteiger partial charge in [0.15, 0.2) is 0 Å². The van der Waals surface area contributed by atoms with Crippen LogP contribution in [0.3, 0.4) is 0 Å². The summed E-state index contributed by atoms with van der Waals surface area (Å²) in [6.45, 7) is 4.52. The van der Waals surface area contributed by atoms with Crippen molar-refractivity contribution in [3.8, 4) is 0 Å². The van der Waals surface area contributed by atoms with Crippen LogP contribution in [0.2, 0.25) is 6.55 Å². The summed E-state index contributed by atoms with van der Waals surface area (Å²) in [5, 5.41) is 0. The summed E-state index contributed by atoms with van der Waals surface area (Å²) >= 11 is 0. The van der Waals surface area contributed by atoms with Crippen molar-refractivity contribution in [2.24, 2.45) is 0 Å². The monoisotopic (exact) mass is 186 g/mol. The van der Waals surface area contributed by atoms with Crippen LogP contribution in [0.15, 0.2) is 11.8 Å². The topological polar surface area (TPSA) is 6.48 Å². The predicted octanol–water partition coefficient (Wildman–Crippen LogP) is 1.69. The van der Waals surface area contributed by atoms with E-state index in [1.807, 2.05) is 0 Å². The predicted molar refractivity (Wildman–Crippen MR) is 58.4 cm³/mol. The van der Waals surface area contributed by atoms with E-state index in [9.17, 15) is 0 Å². The summed E-state index contributed by atoms with van der Waals surface area (Å²) in [6, 6.07) is 0. The lowest BCUT2D eigenvalue weighted by atomic mass is 10.5. The number of nitrogens with zero attached hydrogens (tertiary/aromatic N) is 2. The molecule has 0 radical (unpaired) electrons. The van der Waals surface area contributed by atoms with Gasteiger partial charge in [-0.1, -0.05) is 18.7 Å². The normalized spacial score (nSPS) is 13.7. The second-order valence-corrected chi connectivity index (χ2v) is 8.00. The molecular formula is C9H22N2Si. The quantitative estimate of drug-likeness (QED) is 0.617. The molecule has 12 heavy (non-hydrogen) atoms. The summed E-state index contributed by atoms with van der Waals surface area (Å²) in [5.41, 5.74) is 2.38. The molecule has 0 bridgehead atoms. The third-order valence-electron chi connectivity index (χ3n) is 2.48. The van der Waals surface area contributed by atoms with E-state index in [0.29, 0.717) is 0 Å². The van der Waals surface area contributed by atoms with Crippen LogP contribution in [0.25, 0.3) is 0 Å². The first kappa shape index (κ1) is 11.9. The molecule has 0 fully saturated rings. The summed E-state index contributed by atoms with van der Waals surface area (Å²) < 4.78 is 4.69. The van der Waals surface area contributed by atoms with Crippen molar-refractivity contribution in [2.75, 3.05) is 28.2 Å². The lowest BCUT2D eigenvalue weighted by Gasteiger charge is -2.36. The minimum Gasteiger partial charge on any atom is -0.314 e. The highest BCUT2D eigenvalue weighted by Gasteiger charge is 2.29. The zero-order valence-corrected chi connectivity index (χ0v) is 10.3. The Bertz CT molecular complexity index is 145. The van der Waals surface area contributed by atoms with E-state index in [1.165, 1.54) is 0 Å². The summed E-state index contributed by atoms with van der Waals surface area (Å²) in [6.07, 6.45) is 3.40. The molecule has 0 aliphatic carbocycles. The molecule has 0 saturated heterocycles. The van der Waals surface area contributed by atoms with Gasteiger partial charge in [-0.05, 0) is 41.2 Å². The number of hydrogen-bond donors (Lipinski definition) is 0. The van der Waals surface area contributed by atoms with Crippen LogP contribution in [-0.2, 0) is 0 Å². The van der Waals surface area contributed by atoms with E-state index in [-0.39, 0.29) is 0 Å². The van der Waals surface area contributed by atoms with Gasteiger partial charge in [0.2, 0.25) is 8.40 Å². The SMILES string of the molecule is CCC=C[Si](C)(N(C)C)N(C)C. The fourth-order valence-corrected chi connectivity index (χ4v) is 3.12. The second-order valence-electron chi connectivity index (χ2n) is 3.69. The van der Waals surface area contributed by atoms with Gasteiger partial charge < -0.3 is 9.13 Å². The zero-order valence-electron chi connectivity index (χ0n) is 9.26. The first-order valence-corrected chi connectivity index (χ1v) is 6.95. The first-order chi connectivity index (χ1) is 5.45. The molecule has 0 aromatic carbocycles. The number of hydrogen-bond acceptors (Lipinski definition) is 2. The van der Waals surface area contributed by atoms with E-state index in [0.717, 1.165) is 6.42 Å². The number of rotatable bonds is 4. The zero-order chi connectivity index (χ0) is 9.78. The molecule has 0 spiro atoms. The van der Waals surface area contributed by atoms with E-state index in [2.05, 4.69) is 62.6 Å². The molecule has 0 rings (SSSR count). The fraction of sp³-hybridized carbons (Fsp3) is 0.778. The highest BCUT2D eigenvalue weighted by molar-refractivity contribution is 6.77. The Morgan fingerprint density at radius 2 is 1.50 bits per heavy atom. The van der Waals surface area contributed by atoms with Crippen LogP contribution in [0.4, 0.5) is 0 Å². The molecule has 0 saturated carbocycles. The third-order valence-corrected chi connectivity index (χ3v) is 6.97. The van der Waals surface area contributed by atoms with Crippen LogP contribution in [0.5, 0.6) is 0 Å². The molecule has 0 amide bonds. The fourth-order valence-electron chi connectivity index (χ4n) is 1.04. The standard InChI is InChI=1S/C9H22N2Si/c1-7-8-9-12(6,10(2)3)11(4)5/h8-9H,7H2,1-6H3. The van der Waals surface area contributed by atoms with E-state index < -0.39 is 8.40 Å². The molecule has 0 N–H and O–H groups in total. The van der Waals surface area contributed by atoms with Gasteiger partial charge in [0, 0.05) is 0 Å². The molecule has 0 aromatic rings. The Hall–Kier alpha value is -0.123. The van der Waals surface area contributed by atoms with Crippen molar-refractivity contribution < 1.29 is 0 Å². The smallest absolute Gasteiger partial charge is 0.228 e. The van der Waals surface area contributed by atoms with Gasteiger partial charge in [-0.3, -0.25) is 0 Å². The number of allylic oxidation sites excluding steroid dienone is 1.